The predicted octanol–water partition coefficient (Wildman–Crippen LogP) is 0.613. The second-order valence-electron chi connectivity index (χ2n) is 7.41. The van der Waals surface area contributed by atoms with Gasteiger partial charge >= 0.3 is 6.09 Å². The van der Waals surface area contributed by atoms with Gasteiger partial charge in [-0.15, -0.1) is 0 Å². The van der Waals surface area contributed by atoms with Crippen molar-refractivity contribution in [3.8, 4) is 0 Å². The highest BCUT2D eigenvalue weighted by Crippen LogP contribution is 2.23. The van der Waals surface area contributed by atoms with Crippen molar-refractivity contribution >= 4 is 34.9 Å². The Morgan fingerprint density at radius 1 is 1.19 bits per heavy atom. The van der Waals surface area contributed by atoms with Crippen LogP contribution in [0, 0.1) is 0 Å². The van der Waals surface area contributed by atoms with Gasteiger partial charge in [-0.25, -0.2) is 9.78 Å². The molecule has 2 N–H and O–H groups in total. The topological polar surface area (TPSA) is 98.8 Å². The average Bonchev–Trinajstić information content (AvgIpc) is 3.19. The molecule has 0 radical (unpaired) electrons. The summed E-state index contributed by atoms with van der Waals surface area (Å²) < 4.78 is 5.41. The molecule has 31 heavy (non-hydrogen) atoms. The van der Waals surface area contributed by atoms with Gasteiger partial charge in [0.05, 0.1) is 30.7 Å². The Morgan fingerprint density at radius 2 is 2.03 bits per heavy atom. The smallest absolute Gasteiger partial charge is 0.414 e. The first-order chi connectivity index (χ1) is 15.1. The number of amides is 1. The Bertz CT molecular complexity index is 890. The number of pyridine rings is 1. The second-order valence-corrected chi connectivity index (χ2v) is 7.82. The third-order valence-electron chi connectivity index (χ3n) is 5.33. The lowest BCUT2D eigenvalue weighted by Gasteiger charge is -2.35. The molecule has 2 aromatic heterocycles. The molecule has 1 atom stereocenters. The predicted molar refractivity (Wildman–Crippen MR) is 121 cm³/mol. The SMILES string of the molecule is CNC(=S)NC[C@H]1CN(c2ccc(N3CCN(Cc4cnccn4)CC3)nc2)C(=O)O1. The number of nitrogens with zero attached hydrogens (tertiary/aromatic N) is 6. The zero-order chi connectivity index (χ0) is 21.6. The summed E-state index contributed by atoms with van der Waals surface area (Å²) in [4.78, 5) is 31.5. The van der Waals surface area contributed by atoms with E-state index in [2.05, 4.69) is 35.4 Å². The summed E-state index contributed by atoms with van der Waals surface area (Å²) in [6.07, 6.45) is 6.33. The second kappa shape index (κ2) is 9.84. The van der Waals surface area contributed by atoms with Crippen LogP contribution in [0.2, 0.25) is 0 Å². The fourth-order valence-electron chi connectivity index (χ4n) is 3.63. The van der Waals surface area contributed by atoms with Gasteiger partial charge in [-0.3, -0.25) is 19.8 Å². The molecule has 164 valence electrons. The molecule has 0 spiro atoms. The number of ether oxygens (including phenoxy) is 1. The summed E-state index contributed by atoms with van der Waals surface area (Å²) in [6.45, 7) is 5.37. The number of cyclic esters (lactones) is 1. The average molecular weight is 443 g/mol. The summed E-state index contributed by atoms with van der Waals surface area (Å²) in [6, 6.07) is 3.88. The zero-order valence-electron chi connectivity index (χ0n) is 17.4. The van der Waals surface area contributed by atoms with E-state index in [0.717, 1.165) is 49.9 Å². The summed E-state index contributed by atoms with van der Waals surface area (Å²) in [5, 5.41) is 6.38. The van der Waals surface area contributed by atoms with E-state index < -0.39 is 0 Å². The molecule has 0 aliphatic carbocycles. The lowest BCUT2D eigenvalue weighted by atomic mass is 10.2. The summed E-state index contributed by atoms with van der Waals surface area (Å²) >= 11 is 5.06. The minimum absolute atomic E-state index is 0.263. The quantitative estimate of drug-likeness (QED) is 0.619. The van der Waals surface area contributed by atoms with E-state index in [1.54, 1.807) is 30.5 Å². The molecule has 0 aromatic carbocycles. The molecule has 4 heterocycles. The third-order valence-corrected chi connectivity index (χ3v) is 5.68. The van der Waals surface area contributed by atoms with Gasteiger partial charge in [-0.1, -0.05) is 0 Å². The molecule has 2 saturated heterocycles. The van der Waals surface area contributed by atoms with Gasteiger partial charge in [-0.2, -0.15) is 0 Å². The van der Waals surface area contributed by atoms with E-state index in [1.807, 2.05) is 18.3 Å². The number of piperazine rings is 1. The fraction of sp³-hybridized carbons (Fsp3) is 0.450. The first kappa shape index (κ1) is 21.2. The zero-order valence-corrected chi connectivity index (χ0v) is 18.2. The molecule has 11 heteroatoms. The maximum absolute atomic E-state index is 12.2. The van der Waals surface area contributed by atoms with E-state index in [0.29, 0.717) is 18.2 Å². The number of rotatable bonds is 6. The van der Waals surface area contributed by atoms with Gasteiger partial charge in [0.25, 0.3) is 0 Å². The monoisotopic (exact) mass is 442 g/mol. The van der Waals surface area contributed by atoms with Crippen LogP contribution in [0.1, 0.15) is 5.69 Å². The van der Waals surface area contributed by atoms with Gasteiger partial charge in [0, 0.05) is 58.4 Å². The van der Waals surface area contributed by atoms with Crippen molar-refractivity contribution in [2.75, 3.05) is 56.1 Å². The third kappa shape index (κ3) is 5.36. The molecule has 2 aliphatic rings. The number of thiocarbonyl (C=S) groups is 1. The molecule has 0 bridgehead atoms. The highest BCUT2D eigenvalue weighted by Gasteiger charge is 2.32. The van der Waals surface area contributed by atoms with Crippen molar-refractivity contribution in [2.24, 2.45) is 0 Å². The molecule has 1 amide bonds. The summed E-state index contributed by atoms with van der Waals surface area (Å²) in [5.74, 6) is 0.910. The van der Waals surface area contributed by atoms with Crippen LogP contribution in [0.15, 0.2) is 36.9 Å². The van der Waals surface area contributed by atoms with Crippen LogP contribution in [0.5, 0.6) is 0 Å². The molecule has 2 aromatic rings. The summed E-state index contributed by atoms with van der Waals surface area (Å²) in [5.41, 5.74) is 1.71. The van der Waals surface area contributed by atoms with E-state index in [-0.39, 0.29) is 12.2 Å². The molecular weight excluding hydrogens is 416 g/mol. The van der Waals surface area contributed by atoms with Crippen molar-refractivity contribution in [3.63, 3.8) is 0 Å². The number of anilines is 2. The van der Waals surface area contributed by atoms with Crippen LogP contribution in [0.4, 0.5) is 16.3 Å². The maximum atomic E-state index is 12.2. The van der Waals surface area contributed by atoms with Crippen molar-refractivity contribution in [2.45, 2.75) is 12.6 Å². The van der Waals surface area contributed by atoms with E-state index >= 15 is 0 Å². The minimum Gasteiger partial charge on any atom is -0.442 e. The minimum atomic E-state index is -0.366. The number of nitrogens with one attached hydrogen (secondary N) is 2. The number of carbonyl (C=O) groups is 1. The molecule has 2 aliphatic heterocycles. The number of aromatic nitrogens is 3. The van der Waals surface area contributed by atoms with Gasteiger partial charge in [-0.05, 0) is 24.4 Å². The van der Waals surface area contributed by atoms with Crippen LogP contribution in [-0.2, 0) is 11.3 Å². The standard InChI is InChI=1S/C20H26N8O2S/c1-21-19(31)25-12-17-14-28(20(29)30-17)16-2-3-18(24-11-16)27-8-6-26(7-9-27)13-15-10-22-4-5-23-15/h2-5,10-11,17H,6-9,12-14H2,1H3,(H2,21,25,31)/t17-/m0/s1. The van der Waals surface area contributed by atoms with E-state index in [9.17, 15) is 4.79 Å². The lowest BCUT2D eigenvalue weighted by molar-refractivity contribution is 0.143. The molecule has 2 fully saturated rings. The van der Waals surface area contributed by atoms with Gasteiger partial charge in [0.15, 0.2) is 5.11 Å². The molecule has 0 unspecified atom stereocenters. The Hall–Kier alpha value is -3.05. The largest absolute Gasteiger partial charge is 0.442 e. The lowest BCUT2D eigenvalue weighted by Crippen LogP contribution is -2.46. The van der Waals surface area contributed by atoms with Crippen LogP contribution < -0.4 is 20.4 Å². The Kier molecular flexibility index (Phi) is 6.73. The normalized spacial score (nSPS) is 19.3. The van der Waals surface area contributed by atoms with Crippen molar-refractivity contribution < 1.29 is 9.53 Å². The van der Waals surface area contributed by atoms with Crippen LogP contribution >= 0.6 is 12.2 Å². The van der Waals surface area contributed by atoms with Gasteiger partial charge in [0.1, 0.15) is 11.9 Å². The van der Waals surface area contributed by atoms with Crippen molar-refractivity contribution in [1.82, 2.24) is 30.5 Å². The van der Waals surface area contributed by atoms with Crippen molar-refractivity contribution in [1.29, 1.82) is 0 Å². The maximum Gasteiger partial charge on any atom is 0.414 e. The molecule has 4 rings (SSSR count). The van der Waals surface area contributed by atoms with E-state index in [4.69, 9.17) is 17.0 Å². The molecule has 10 nitrogen and oxygen atoms in total. The number of hydrogen-bond donors (Lipinski definition) is 2. The van der Waals surface area contributed by atoms with Crippen LogP contribution in [0.25, 0.3) is 0 Å². The van der Waals surface area contributed by atoms with Crippen molar-refractivity contribution in [3.05, 3.63) is 42.6 Å². The fourth-order valence-corrected chi connectivity index (χ4v) is 3.72. The molecular formula is C20H26N8O2S. The number of carbonyl (C=O) groups excluding carboxylic acids is 1. The van der Waals surface area contributed by atoms with Crippen LogP contribution in [0.3, 0.4) is 0 Å². The van der Waals surface area contributed by atoms with Crippen LogP contribution in [-0.4, -0.2) is 83.5 Å². The Labute approximate surface area is 186 Å². The highest BCUT2D eigenvalue weighted by atomic mass is 32.1. The first-order valence-electron chi connectivity index (χ1n) is 10.2. The first-order valence-corrected chi connectivity index (χ1v) is 10.6. The van der Waals surface area contributed by atoms with Gasteiger partial charge < -0.3 is 20.3 Å². The summed E-state index contributed by atoms with van der Waals surface area (Å²) in [7, 11) is 1.74. The Balaban J connectivity index is 1.29. The van der Waals surface area contributed by atoms with Gasteiger partial charge in [0.2, 0.25) is 0 Å². The number of hydrogen-bond acceptors (Lipinski definition) is 8. The highest BCUT2D eigenvalue weighted by molar-refractivity contribution is 7.80. The van der Waals surface area contributed by atoms with E-state index in [1.165, 1.54) is 0 Å². The Morgan fingerprint density at radius 3 is 2.71 bits per heavy atom. The molecule has 0 saturated carbocycles.